The average molecular weight is 271 g/mol. The van der Waals surface area contributed by atoms with Crippen molar-refractivity contribution in [3.8, 4) is 0 Å². The van der Waals surface area contributed by atoms with Crippen molar-refractivity contribution in [2.24, 2.45) is 0 Å². The average Bonchev–Trinajstić information content (AvgIpc) is 2.41. The van der Waals surface area contributed by atoms with Crippen LogP contribution in [-0.2, 0) is 9.53 Å². The number of hydrogen-bond acceptors (Lipinski definition) is 3. The number of carbonyl (C=O) groups is 2. The number of methoxy groups -OCH3 is 1. The van der Waals surface area contributed by atoms with Gasteiger partial charge in [-0.2, -0.15) is 0 Å². The molecule has 0 radical (unpaired) electrons. The summed E-state index contributed by atoms with van der Waals surface area (Å²) in [6, 6.07) is 0.259. The van der Waals surface area contributed by atoms with Crippen LogP contribution in [0, 0.1) is 0 Å². The monoisotopic (exact) mass is 271 g/mol. The number of likely N-dealkylation sites (tertiary alicyclic amines) is 1. The molecule has 110 valence electrons. The minimum atomic E-state index is -0.0870. The smallest absolute Gasteiger partial charge is 0.319 e. The molecule has 1 rings (SSSR count). The van der Waals surface area contributed by atoms with Gasteiger partial charge in [-0.05, 0) is 26.7 Å². The predicted octanol–water partition coefficient (Wildman–Crippen LogP) is 0.675. The summed E-state index contributed by atoms with van der Waals surface area (Å²) >= 11 is 0. The Morgan fingerprint density at radius 3 is 2.32 bits per heavy atom. The molecule has 6 heteroatoms. The Balaban J connectivity index is 2.36. The molecule has 1 heterocycles. The molecule has 0 spiro atoms. The lowest BCUT2D eigenvalue weighted by Crippen LogP contribution is -2.50. The molecule has 0 saturated carbocycles. The molecule has 6 nitrogen and oxygen atoms in total. The third-order valence-electron chi connectivity index (χ3n) is 3.44. The highest BCUT2D eigenvalue weighted by molar-refractivity contribution is 5.77. The van der Waals surface area contributed by atoms with Crippen LogP contribution >= 0.6 is 0 Å². The molecule has 19 heavy (non-hydrogen) atoms. The van der Waals surface area contributed by atoms with Crippen LogP contribution in [0.4, 0.5) is 4.79 Å². The van der Waals surface area contributed by atoms with E-state index in [4.69, 9.17) is 4.74 Å². The molecule has 3 amide bonds. The van der Waals surface area contributed by atoms with E-state index < -0.39 is 0 Å². The molecule has 0 bridgehead atoms. The molecule has 1 aliphatic heterocycles. The number of carbonyl (C=O) groups excluding carboxylic acids is 2. The van der Waals surface area contributed by atoms with Crippen molar-refractivity contribution >= 4 is 11.9 Å². The summed E-state index contributed by atoms with van der Waals surface area (Å²) in [7, 11) is 1.50. The van der Waals surface area contributed by atoms with Crippen LogP contribution in [0.2, 0.25) is 0 Å². The molecule has 1 aliphatic rings. The van der Waals surface area contributed by atoms with Crippen LogP contribution in [-0.4, -0.2) is 67.7 Å². The number of nitrogens with zero attached hydrogens (tertiary/aromatic N) is 2. The first kappa shape index (κ1) is 15.8. The van der Waals surface area contributed by atoms with E-state index in [1.54, 1.807) is 0 Å². The number of piperidine rings is 1. The third-order valence-corrected chi connectivity index (χ3v) is 3.44. The van der Waals surface area contributed by atoms with Crippen LogP contribution in [0.1, 0.15) is 26.7 Å². The summed E-state index contributed by atoms with van der Waals surface area (Å²) in [6.45, 7) is 6.94. The third kappa shape index (κ3) is 4.70. The zero-order chi connectivity index (χ0) is 14.3. The Bertz CT molecular complexity index is 298. The van der Waals surface area contributed by atoms with Gasteiger partial charge in [-0.3, -0.25) is 4.79 Å². The molecule has 0 aliphatic carbocycles. The molecule has 1 N–H and O–H groups in total. The highest BCUT2D eigenvalue weighted by Gasteiger charge is 2.25. The van der Waals surface area contributed by atoms with Crippen molar-refractivity contribution in [2.45, 2.75) is 32.7 Å². The van der Waals surface area contributed by atoms with Crippen molar-refractivity contribution in [3.05, 3.63) is 0 Å². The molecular weight excluding hydrogens is 246 g/mol. The lowest BCUT2D eigenvalue weighted by Gasteiger charge is -2.35. The molecular formula is C13H25N3O3. The highest BCUT2D eigenvalue weighted by Crippen LogP contribution is 2.12. The van der Waals surface area contributed by atoms with Gasteiger partial charge in [0.1, 0.15) is 6.61 Å². The topological polar surface area (TPSA) is 61.9 Å². The molecule has 1 fully saturated rings. The fraction of sp³-hybridized carbons (Fsp3) is 0.846. The molecule has 0 aromatic carbocycles. The Labute approximate surface area is 115 Å². The quantitative estimate of drug-likeness (QED) is 0.799. The second-order valence-electron chi connectivity index (χ2n) is 4.72. The van der Waals surface area contributed by atoms with Crippen LogP contribution in [0.15, 0.2) is 0 Å². The first-order chi connectivity index (χ1) is 9.12. The van der Waals surface area contributed by atoms with Gasteiger partial charge in [0.15, 0.2) is 0 Å². The summed E-state index contributed by atoms with van der Waals surface area (Å²) < 4.78 is 4.78. The SMILES string of the molecule is CCN(CC)C(=O)N1CCC(NC(=O)COC)CC1. The largest absolute Gasteiger partial charge is 0.375 e. The normalized spacial score (nSPS) is 16.3. The van der Waals surface area contributed by atoms with E-state index in [2.05, 4.69) is 5.32 Å². The second kappa shape index (κ2) is 7.99. The minimum Gasteiger partial charge on any atom is -0.375 e. The molecule has 0 aromatic rings. The summed E-state index contributed by atoms with van der Waals surface area (Å²) in [5, 5.41) is 2.92. The van der Waals surface area contributed by atoms with E-state index in [9.17, 15) is 9.59 Å². The lowest BCUT2D eigenvalue weighted by molar-refractivity contribution is -0.125. The van der Waals surface area contributed by atoms with E-state index in [0.29, 0.717) is 13.1 Å². The zero-order valence-corrected chi connectivity index (χ0v) is 12.1. The Hall–Kier alpha value is -1.30. The Morgan fingerprint density at radius 1 is 1.26 bits per heavy atom. The van der Waals surface area contributed by atoms with Gasteiger partial charge in [-0.15, -0.1) is 0 Å². The van der Waals surface area contributed by atoms with Crippen molar-refractivity contribution in [1.82, 2.24) is 15.1 Å². The first-order valence-corrected chi connectivity index (χ1v) is 6.94. The standard InChI is InChI=1S/C13H25N3O3/c1-4-15(5-2)13(18)16-8-6-11(7-9-16)14-12(17)10-19-3/h11H,4-10H2,1-3H3,(H,14,17). The maximum Gasteiger partial charge on any atom is 0.319 e. The second-order valence-corrected chi connectivity index (χ2v) is 4.72. The summed E-state index contributed by atoms with van der Waals surface area (Å²) in [6.07, 6.45) is 1.62. The Kier molecular flexibility index (Phi) is 6.62. The van der Waals surface area contributed by atoms with Gasteiger partial charge in [0.25, 0.3) is 0 Å². The number of rotatable bonds is 5. The molecule has 0 atom stereocenters. The summed E-state index contributed by atoms with van der Waals surface area (Å²) in [5.41, 5.74) is 0. The van der Waals surface area contributed by atoms with Crippen molar-refractivity contribution < 1.29 is 14.3 Å². The maximum absolute atomic E-state index is 12.1. The van der Waals surface area contributed by atoms with E-state index in [-0.39, 0.29) is 24.6 Å². The number of amides is 3. The predicted molar refractivity (Wildman–Crippen MR) is 72.9 cm³/mol. The van der Waals surface area contributed by atoms with E-state index >= 15 is 0 Å². The van der Waals surface area contributed by atoms with Crippen LogP contribution < -0.4 is 5.32 Å². The van der Waals surface area contributed by atoms with Crippen LogP contribution in [0.3, 0.4) is 0 Å². The van der Waals surface area contributed by atoms with Gasteiger partial charge < -0.3 is 19.9 Å². The van der Waals surface area contributed by atoms with E-state index in [1.165, 1.54) is 7.11 Å². The van der Waals surface area contributed by atoms with Crippen molar-refractivity contribution in [2.75, 3.05) is 39.9 Å². The van der Waals surface area contributed by atoms with Crippen molar-refractivity contribution in [1.29, 1.82) is 0 Å². The summed E-state index contributed by atoms with van der Waals surface area (Å²) in [5.74, 6) is -0.0870. The van der Waals surface area contributed by atoms with Gasteiger partial charge in [0, 0.05) is 39.3 Å². The zero-order valence-electron chi connectivity index (χ0n) is 12.1. The number of nitrogens with one attached hydrogen (secondary N) is 1. The fourth-order valence-corrected chi connectivity index (χ4v) is 2.31. The number of urea groups is 1. The lowest BCUT2D eigenvalue weighted by atomic mass is 10.1. The van der Waals surface area contributed by atoms with Gasteiger partial charge in [-0.25, -0.2) is 4.79 Å². The highest BCUT2D eigenvalue weighted by atomic mass is 16.5. The van der Waals surface area contributed by atoms with Crippen molar-refractivity contribution in [3.63, 3.8) is 0 Å². The van der Waals surface area contributed by atoms with Gasteiger partial charge in [0.05, 0.1) is 0 Å². The molecule has 0 unspecified atom stereocenters. The van der Waals surface area contributed by atoms with Gasteiger partial charge in [0.2, 0.25) is 5.91 Å². The molecule has 0 aromatic heterocycles. The maximum atomic E-state index is 12.1. The first-order valence-electron chi connectivity index (χ1n) is 6.94. The minimum absolute atomic E-state index is 0.0870. The molecule has 1 saturated heterocycles. The Morgan fingerprint density at radius 2 is 1.84 bits per heavy atom. The number of ether oxygens (including phenoxy) is 1. The fourth-order valence-electron chi connectivity index (χ4n) is 2.31. The van der Waals surface area contributed by atoms with E-state index in [1.807, 2.05) is 23.6 Å². The van der Waals surface area contributed by atoms with Crippen LogP contribution in [0.25, 0.3) is 0 Å². The van der Waals surface area contributed by atoms with Gasteiger partial charge >= 0.3 is 6.03 Å². The summed E-state index contributed by atoms with van der Waals surface area (Å²) in [4.78, 5) is 27.2. The van der Waals surface area contributed by atoms with Gasteiger partial charge in [-0.1, -0.05) is 0 Å². The number of hydrogen-bond donors (Lipinski definition) is 1. The van der Waals surface area contributed by atoms with E-state index in [0.717, 1.165) is 25.9 Å². The van der Waals surface area contributed by atoms with Crippen LogP contribution in [0.5, 0.6) is 0 Å².